The molecule has 0 aliphatic heterocycles. The predicted octanol–water partition coefficient (Wildman–Crippen LogP) is -1.60. The van der Waals surface area contributed by atoms with Gasteiger partial charge < -0.3 is 56.0 Å². The summed E-state index contributed by atoms with van der Waals surface area (Å²) in [5.41, 5.74) is 8.50. The number of carbonyl (C=O) groups excluding carboxylic acids is 1. The molecule has 0 saturated carbocycles. The highest BCUT2D eigenvalue weighted by molar-refractivity contribution is 7.45. The number of hydrogen-bond donors (Lipinski definition) is 10. The first kappa shape index (κ1) is 45.2. The van der Waals surface area contributed by atoms with Crippen molar-refractivity contribution in [3.05, 3.63) is 10.1 Å². The maximum Gasteiger partial charge on any atom is 0.466 e. The van der Waals surface area contributed by atoms with Crippen LogP contribution in [-0.2, 0) is 4.57 Å². The lowest BCUT2D eigenvalue weighted by Gasteiger charge is -1.82. The van der Waals surface area contributed by atoms with Gasteiger partial charge in [0.1, 0.15) is 0 Å². The highest BCUT2D eigenvalue weighted by Crippen LogP contribution is 2.25. The normalized spacial score (nSPS) is 6.29. The van der Waals surface area contributed by atoms with Crippen LogP contribution in [0.2, 0.25) is 0 Å². The first-order chi connectivity index (χ1) is 5.46. The molecular weight excluding hydrogens is 269 g/mol. The fraction of sp³-hybridized carbons (Fsp3) is 0. The minimum Gasteiger partial charge on any atom is -0.352 e. The van der Waals surface area contributed by atoms with E-state index in [9.17, 15) is 0 Å². The molecule has 20 N–H and O–H groups in total. The number of hydrogen-bond acceptors (Lipinski definition) is 8. The molecule has 0 heterocycles. The van der Waals surface area contributed by atoms with E-state index in [1.165, 1.54) is 0 Å². The summed E-state index contributed by atoms with van der Waals surface area (Å²) in [6, 6.07) is -0.833. The molecule has 2 amide bonds. The lowest BCUT2D eigenvalue weighted by Crippen LogP contribution is -2.18. The molecular formula is CH20N7O8P. The van der Waals surface area contributed by atoms with E-state index in [0.29, 0.717) is 0 Å². The molecule has 17 heavy (non-hydrogen) atoms. The number of amides is 2. The lowest BCUT2D eigenvalue weighted by atomic mass is 11.2. The molecule has 16 heteroatoms. The molecule has 0 rings (SSSR count). The summed E-state index contributed by atoms with van der Waals surface area (Å²) in [6.45, 7) is 0. The van der Waals surface area contributed by atoms with Crippen molar-refractivity contribution in [3.63, 3.8) is 0 Å². The van der Waals surface area contributed by atoms with Gasteiger partial charge in [-0.3, -0.25) is 0 Å². The minimum atomic E-state index is -4.64. The molecule has 0 radical (unpaired) electrons. The van der Waals surface area contributed by atoms with E-state index in [-0.39, 0.29) is 24.6 Å². The first-order valence-electron chi connectivity index (χ1n) is 2.13. The summed E-state index contributed by atoms with van der Waals surface area (Å²) in [6.07, 6.45) is 0. The van der Waals surface area contributed by atoms with E-state index in [0.717, 1.165) is 0 Å². The van der Waals surface area contributed by atoms with Gasteiger partial charge in [-0.1, -0.05) is 0 Å². The zero-order chi connectivity index (χ0) is 11.7. The molecule has 0 saturated heterocycles. The quantitative estimate of drug-likeness (QED) is 0.137. The van der Waals surface area contributed by atoms with Crippen molar-refractivity contribution >= 4 is 13.9 Å². The molecule has 0 atom stereocenters. The van der Waals surface area contributed by atoms with Crippen molar-refractivity contribution < 1.29 is 34.3 Å². The summed E-state index contributed by atoms with van der Waals surface area (Å²) in [5.74, 6) is 0. The van der Waals surface area contributed by atoms with Crippen LogP contribution in [0.1, 0.15) is 0 Å². The van der Waals surface area contributed by atoms with Crippen molar-refractivity contribution in [1.29, 1.82) is 0 Å². The Bertz CT molecular complexity index is 174. The summed E-state index contributed by atoms with van der Waals surface area (Å²) in [5, 5.41) is 13.6. The number of rotatable bonds is 0. The number of urea groups is 1. The van der Waals surface area contributed by atoms with Gasteiger partial charge in [-0.05, 0) is 0 Å². The number of nitrogens with zero attached hydrogens (tertiary/aromatic N) is 1. The van der Waals surface area contributed by atoms with Gasteiger partial charge in [-0.15, -0.1) is 10.1 Å². The van der Waals surface area contributed by atoms with Gasteiger partial charge in [0.05, 0.1) is 0 Å². The van der Waals surface area contributed by atoms with E-state index in [1.807, 2.05) is 0 Å². The van der Waals surface area contributed by atoms with Gasteiger partial charge in [0, 0.05) is 0 Å². The summed E-state index contributed by atoms with van der Waals surface area (Å²) in [7, 11) is -4.64. The van der Waals surface area contributed by atoms with Crippen LogP contribution in [0.25, 0.3) is 0 Å². The van der Waals surface area contributed by atoms with E-state index in [1.54, 1.807) is 0 Å². The molecule has 0 spiro atoms. The van der Waals surface area contributed by atoms with Gasteiger partial charge in [0.2, 0.25) is 0 Å². The van der Waals surface area contributed by atoms with Crippen molar-refractivity contribution in [2.24, 2.45) is 11.5 Å². The molecule has 0 fully saturated rings. The third kappa shape index (κ3) is 891. The maximum atomic E-state index is 9.00. The highest BCUT2D eigenvalue weighted by Gasteiger charge is 2.00. The van der Waals surface area contributed by atoms with Crippen molar-refractivity contribution in [3.8, 4) is 0 Å². The van der Waals surface area contributed by atoms with Crippen LogP contribution < -0.4 is 36.1 Å². The second-order valence-electron chi connectivity index (χ2n) is 1.15. The zero-order valence-electron chi connectivity index (χ0n) is 8.80. The third-order valence-electron chi connectivity index (χ3n) is 0. The molecule has 15 nitrogen and oxygen atoms in total. The van der Waals surface area contributed by atoms with Crippen LogP contribution in [0.4, 0.5) is 4.79 Å². The summed E-state index contributed by atoms with van der Waals surface area (Å²) in [4.78, 5) is 38.9. The minimum absolute atomic E-state index is 0. The fourth-order valence-electron chi connectivity index (χ4n) is 0. The van der Waals surface area contributed by atoms with Crippen molar-refractivity contribution in [1.82, 2.24) is 24.6 Å². The summed E-state index contributed by atoms with van der Waals surface area (Å²) < 4.78 is 8.88. The Labute approximate surface area is 95.5 Å². The highest BCUT2D eigenvalue weighted by atomic mass is 31.2. The van der Waals surface area contributed by atoms with Crippen LogP contribution in [0.3, 0.4) is 0 Å². The smallest absolute Gasteiger partial charge is 0.352 e. The van der Waals surface area contributed by atoms with Gasteiger partial charge in [0.25, 0.3) is 5.09 Å². The van der Waals surface area contributed by atoms with Gasteiger partial charge in [-0.25, -0.2) is 9.36 Å². The maximum absolute atomic E-state index is 9.00. The molecule has 0 unspecified atom stereocenters. The van der Waals surface area contributed by atoms with E-state index in [2.05, 4.69) is 11.5 Å². The van der Waals surface area contributed by atoms with Gasteiger partial charge >= 0.3 is 13.9 Å². The molecule has 0 bridgehead atoms. The molecule has 0 aromatic rings. The van der Waals surface area contributed by atoms with Crippen molar-refractivity contribution in [2.45, 2.75) is 0 Å². The second-order valence-corrected chi connectivity index (χ2v) is 2.18. The summed E-state index contributed by atoms with van der Waals surface area (Å²) >= 11 is 0. The number of phosphoric acid groups is 1. The Kier molecular flexibility index (Phi) is 63.6. The van der Waals surface area contributed by atoms with E-state index < -0.39 is 18.9 Å². The Balaban J connectivity index is -0.0000000159. The average Bonchev–Trinajstić information content (AvgIpc) is 1.50. The molecule has 0 aromatic heterocycles. The van der Waals surface area contributed by atoms with E-state index in [4.69, 9.17) is 39.4 Å². The van der Waals surface area contributed by atoms with Crippen LogP contribution >= 0.6 is 7.82 Å². The number of nitrogens with two attached hydrogens (primary N) is 2. The van der Waals surface area contributed by atoms with Crippen LogP contribution in [0.15, 0.2) is 0 Å². The number of primary amides is 2. The predicted molar refractivity (Wildman–Crippen MR) is 56.9 cm³/mol. The Morgan fingerprint density at radius 2 is 1.06 bits per heavy atom. The first-order valence-corrected chi connectivity index (χ1v) is 3.69. The largest absolute Gasteiger partial charge is 0.466 e. The van der Waals surface area contributed by atoms with Crippen LogP contribution in [0, 0.1) is 10.1 Å². The van der Waals surface area contributed by atoms with Crippen LogP contribution in [-0.4, -0.2) is 31.0 Å². The topological polar surface area (TPSA) is 350 Å². The second kappa shape index (κ2) is 23.9. The molecule has 112 valence electrons. The molecule has 0 aliphatic carbocycles. The average molecular weight is 289 g/mol. The Hall–Kier alpha value is -1.58. The van der Waals surface area contributed by atoms with Gasteiger partial charge in [0.15, 0.2) is 0 Å². The third-order valence-corrected chi connectivity index (χ3v) is 0. The monoisotopic (exact) mass is 289 g/mol. The Morgan fingerprint density at radius 3 is 1.06 bits per heavy atom. The molecule has 0 aromatic carbocycles. The fourth-order valence-corrected chi connectivity index (χ4v) is 0. The van der Waals surface area contributed by atoms with Crippen molar-refractivity contribution in [2.75, 3.05) is 0 Å². The van der Waals surface area contributed by atoms with Crippen LogP contribution in [0.5, 0.6) is 0 Å². The van der Waals surface area contributed by atoms with Gasteiger partial charge in [-0.2, -0.15) is 0 Å². The Morgan fingerprint density at radius 1 is 1.06 bits per heavy atom. The van der Waals surface area contributed by atoms with E-state index >= 15 is 0 Å². The lowest BCUT2D eigenvalue weighted by molar-refractivity contribution is -0.742. The molecule has 0 aliphatic rings. The standard InChI is InChI=1S/CH4N2O.HNO3.4H3N.H3O4P/c2*2-1(3)4;;;;;1-5(2,3)4/h(H4,2,3,4);(H,2,3,4);4*1H3;(H3,1,2,3,4). The number of carbonyl (C=O) groups is 1. The zero-order valence-corrected chi connectivity index (χ0v) is 9.69. The SMILES string of the molecule is N.N.N.N.NC(N)=O.O=P(O)(O)O.O=[N+]([O-])O.